The van der Waals surface area contributed by atoms with Crippen LogP contribution in [-0.2, 0) is 12.8 Å². The normalized spacial score (nSPS) is 23.7. The number of fused-ring (bicyclic) bond motifs is 2. The summed E-state index contributed by atoms with van der Waals surface area (Å²) in [6, 6.07) is 5.96. The highest BCUT2D eigenvalue weighted by Gasteiger charge is 2.23. The Hall–Kier alpha value is -2.34. The fourth-order valence-corrected chi connectivity index (χ4v) is 3.95. The van der Waals surface area contributed by atoms with Crippen LogP contribution in [0, 0.1) is 27.7 Å². The van der Waals surface area contributed by atoms with Crippen LogP contribution in [0.1, 0.15) is 30.4 Å². The molecule has 8 nitrogen and oxygen atoms in total. The SMILES string of the molecule is N#CC1CCN(CCCN=C2NN([O-])c3cc4c(cc3N2[O-])CCC4)C1. The van der Waals surface area contributed by atoms with Gasteiger partial charge in [0.25, 0.3) is 0 Å². The Balaban J connectivity index is 1.39. The van der Waals surface area contributed by atoms with E-state index in [1.54, 1.807) is 0 Å². The van der Waals surface area contributed by atoms with E-state index < -0.39 is 0 Å². The molecule has 0 aromatic heterocycles. The zero-order valence-corrected chi connectivity index (χ0v) is 14.6. The van der Waals surface area contributed by atoms with Crippen LogP contribution >= 0.6 is 0 Å². The van der Waals surface area contributed by atoms with E-state index in [1.165, 1.54) is 0 Å². The minimum Gasteiger partial charge on any atom is -0.752 e. The molecule has 8 heteroatoms. The minimum absolute atomic E-state index is 0.0433. The first kappa shape index (κ1) is 17.1. The van der Waals surface area contributed by atoms with Gasteiger partial charge in [0.05, 0.1) is 23.4 Å². The highest BCUT2D eigenvalue weighted by molar-refractivity contribution is 6.04. The van der Waals surface area contributed by atoms with Crippen molar-refractivity contribution in [2.24, 2.45) is 10.9 Å². The van der Waals surface area contributed by atoms with Gasteiger partial charge in [-0.05, 0) is 68.5 Å². The quantitative estimate of drug-likeness (QED) is 0.823. The van der Waals surface area contributed by atoms with Crippen LogP contribution in [-0.4, -0.2) is 37.0 Å². The highest BCUT2D eigenvalue weighted by atomic mass is 16.6. The topological polar surface area (TPSA) is 104 Å². The Bertz CT molecular complexity index is 759. The maximum absolute atomic E-state index is 12.6. The zero-order chi connectivity index (χ0) is 18.1. The number of benzene rings is 1. The van der Waals surface area contributed by atoms with Gasteiger partial charge < -0.3 is 25.5 Å². The van der Waals surface area contributed by atoms with E-state index in [2.05, 4.69) is 21.4 Å². The average Bonchev–Trinajstić information content (AvgIpc) is 3.29. The number of aryl methyl sites for hydroxylation is 2. The molecule has 1 N–H and O–H groups in total. The Morgan fingerprint density at radius 2 is 2.00 bits per heavy atom. The lowest BCUT2D eigenvalue weighted by molar-refractivity contribution is 0.330. The van der Waals surface area contributed by atoms with Crippen molar-refractivity contribution < 1.29 is 0 Å². The molecule has 1 fully saturated rings. The summed E-state index contributed by atoms with van der Waals surface area (Å²) in [7, 11) is 0. The summed E-state index contributed by atoms with van der Waals surface area (Å²) in [6.45, 7) is 3.06. The molecule has 1 atom stereocenters. The van der Waals surface area contributed by atoms with Gasteiger partial charge in [-0.15, -0.1) is 0 Å². The first-order valence-electron chi connectivity index (χ1n) is 9.19. The van der Waals surface area contributed by atoms with E-state index in [0.717, 1.165) is 67.9 Å². The molecule has 2 aliphatic heterocycles. The van der Waals surface area contributed by atoms with E-state index in [9.17, 15) is 10.4 Å². The first-order chi connectivity index (χ1) is 12.7. The Labute approximate surface area is 152 Å². The molecule has 0 bridgehead atoms. The van der Waals surface area contributed by atoms with E-state index in [-0.39, 0.29) is 11.9 Å². The van der Waals surface area contributed by atoms with Gasteiger partial charge in [-0.1, -0.05) is 0 Å². The molecule has 0 radical (unpaired) electrons. The summed E-state index contributed by atoms with van der Waals surface area (Å²) in [6.07, 6.45) is 4.68. The number of nitriles is 1. The molecule has 1 saturated heterocycles. The van der Waals surface area contributed by atoms with Crippen molar-refractivity contribution in [3.8, 4) is 6.07 Å². The van der Waals surface area contributed by atoms with Crippen LogP contribution in [0.25, 0.3) is 0 Å². The number of hydrogen-bond donors (Lipinski definition) is 1. The second-order valence-corrected chi connectivity index (χ2v) is 7.14. The summed E-state index contributed by atoms with van der Waals surface area (Å²) in [5.41, 5.74) is 5.58. The first-order valence-corrected chi connectivity index (χ1v) is 9.19. The Morgan fingerprint density at radius 1 is 1.23 bits per heavy atom. The van der Waals surface area contributed by atoms with Gasteiger partial charge in [-0.3, -0.25) is 10.4 Å². The molecule has 0 spiro atoms. The molecule has 3 aliphatic rings. The van der Waals surface area contributed by atoms with Crippen molar-refractivity contribution in [1.82, 2.24) is 10.3 Å². The van der Waals surface area contributed by atoms with Crippen molar-refractivity contribution in [2.45, 2.75) is 32.1 Å². The molecule has 1 aliphatic carbocycles. The molecule has 2 heterocycles. The molecule has 1 aromatic carbocycles. The largest absolute Gasteiger partial charge is 0.752 e. The van der Waals surface area contributed by atoms with E-state index >= 15 is 0 Å². The maximum Gasteiger partial charge on any atom is 0.206 e. The number of guanidine groups is 1. The zero-order valence-electron chi connectivity index (χ0n) is 14.6. The lowest BCUT2D eigenvalue weighted by atomic mass is 10.1. The van der Waals surface area contributed by atoms with Gasteiger partial charge in [0, 0.05) is 13.1 Å². The Morgan fingerprint density at radius 3 is 2.73 bits per heavy atom. The molecule has 4 rings (SSSR count). The number of hydroxylamine groups is 1. The number of hydrazine groups is 1. The lowest BCUT2D eigenvalue weighted by Crippen LogP contribution is -2.50. The van der Waals surface area contributed by atoms with Crippen molar-refractivity contribution in [1.29, 1.82) is 5.26 Å². The Kier molecular flexibility index (Phi) is 4.68. The van der Waals surface area contributed by atoms with Crippen LogP contribution in [0.5, 0.6) is 0 Å². The van der Waals surface area contributed by atoms with Crippen molar-refractivity contribution in [3.05, 3.63) is 33.7 Å². The average molecular weight is 354 g/mol. The highest BCUT2D eigenvalue weighted by Crippen LogP contribution is 2.37. The number of rotatable bonds is 4. The molecular formula is C18H22N6O2-2. The molecule has 0 saturated carbocycles. The third-order valence-electron chi connectivity index (χ3n) is 5.37. The van der Waals surface area contributed by atoms with Gasteiger partial charge in [-0.25, -0.2) is 0 Å². The third kappa shape index (κ3) is 3.21. The number of aliphatic imine (C=N–C) groups is 1. The molecule has 138 valence electrons. The third-order valence-corrected chi connectivity index (χ3v) is 5.37. The summed E-state index contributed by atoms with van der Waals surface area (Å²) < 4.78 is 0. The van der Waals surface area contributed by atoms with Crippen molar-refractivity contribution >= 4 is 17.3 Å². The van der Waals surface area contributed by atoms with E-state index in [4.69, 9.17) is 5.26 Å². The molecular weight excluding hydrogens is 332 g/mol. The fourth-order valence-electron chi connectivity index (χ4n) is 3.95. The fraction of sp³-hybridized carbons (Fsp3) is 0.556. The smallest absolute Gasteiger partial charge is 0.206 e. The van der Waals surface area contributed by atoms with Crippen LogP contribution in [0.4, 0.5) is 11.4 Å². The number of hydrogen-bond acceptors (Lipinski definition) is 6. The summed E-state index contributed by atoms with van der Waals surface area (Å²) in [5, 5.41) is 35.2. The number of nitrogens with zero attached hydrogens (tertiary/aromatic N) is 5. The molecule has 26 heavy (non-hydrogen) atoms. The van der Waals surface area contributed by atoms with Crippen LogP contribution in [0.2, 0.25) is 0 Å². The standard InChI is InChI=1S/C18H22N6O2/c19-11-13-5-8-22(12-13)7-2-6-20-18-21-24(26)17-10-15-4-1-3-14(15)9-16(17)23(18)25/h9-10,13H,1-8,12H2,(H,20,21)/q-2. The van der Waals surface area contributed by atoms with Gasteiger partial charge in [0.1, 0.15) is 0 Å². The van der Waals surface area contributed by atoms with Gasteiger partial charge in [0.2, 0.25) is 5.96 Å². The monoisotopic (exact) mass is 354 g/mol. The second kappa shape index (κ2) is 7.11. The van der Waals surface area contributed by atoms with E-state index in [1.807, 2.05) is 12.1 Å². The van der Waals surface area contributed by atoms with Crippen LogP contribution in [0.15, 0.2) is 17.1 Å². The van der Waals surface area contributed by atoms with Gasteiger partial charge >= 0.3 is 0 Å². The van der Waals surface area contributed by atoms with Crippen molar-refractivity contribution in [2.75, 3.05) is 36.4 Å². The predicted octanol–water partition coefficient (Wildman–Crippen LogP) is 1.89. The second-order valence-electron chi connectivity index (χ2n) is 7.14. The predicted molar refractivity (Wildman–Crippen MR) is 100 cm³/mol. The number of anilines is 2. The summed E-state index contributed by atoms with van der Waals surface area (Å²) in [5.74, 6) is 0.174. The van der Waals surface area contributed by atoms with Gasteiger partial charge in [-0.2, -0.15) is 5.26 Å². The molecule has 0 amide bonds. The van der Waals surface area contributed by atoms with E-state index in [0.29, 0.717) is 23.1 Å². The molecule has 1 aromatic rings. The summed E-state index contributed by atoms with van der Waals surface area (Å²) in [4.78, 5) is 6.54. The minimum atomic E-state index is 0.0433. The molecule has 1 unspecified atom stereocenters. The van der Waals surface area contributed by atoms with Gasteiger partial charge in [0.15, 0.2) is 0 Å². The summed E-state index contributed by atoms with van der Waals surface area (Å²) >= 11 is 0. The van der Waals surface area contributed by atoms with Crippen molar-refractivity contribution in [3.63, 3.8) is 0 Å². The van der Waals surface area contributed by atoms with Crippen LogP contribution in [0.3, 0.4) is 0 Å². The van der Waals surface area contributed by atoms with Crippen LogP contribution < -0.4 is 15.7 Å². The number of likely N-dealkylation sites (tertiary alicyclic amines) is 1. The lowest BCUT2D eigenvalue weighted by Gasteiger charge is -2.46. The maximum atomic E-state index is 12.6. The number of nitrogens with one attached hydrogen (secondary N) is 1.